The van der Waals surface area contributed by atoms with Gasteiger partial charge in [0, 0.05) is 12.1 Å². The fourth-order valence-corrected chi connectivity index (χ4v) is 3.68. The Morgan fingerprint density at radius 2 is 1.68 bits per heavy atom. The summed E-state index contributed by atoms with van der Waals surface area (Å²) < 4.78 is 6.30. The molecule has 0 atom stereocenters. The van der Waals surface area contributed by atoms with E-state index in [4.69, 9.17) is 4.74 Å². The van der Waals surface area contributed by atoms with Crippen molar-refractivity contribution < 1.29 is 9.53 Å². The van der Waals surface area contributed by atoms with E-state index in [-0.39, 0.29) is 17.9 Å². The Balaban J connectivity index is 2.15. The summed E-state index contributed by atoms with van der Waals surface area (Å²) >= 11 is 0. The first-order valence-electron chi connectivity index (χ1n) is 9.66. The van der Waals surface area contributed by atoms with E-state index in [1.807, 2.05) is 12.1 Å². The number of amides is 1. The maximum absolute atomic E-state index is 12.2. The van der Waals surface area contributed by atoms with Gasteiger partial charge in [-0.05, 0) is 67.3 Å². The molecule has 0 unspecified atom stereocenters. The number of hydrogen-bond acceptors (Lipinski definition) is 2. The van der Waals surface area contributed by atoms with Gasteiger partial charge in [-0.3, -0.25) is 4.79 Å². The largest absolute Gasteiger partial charge is 0.490 e. The lowest BCUT2D eigenvalue weighted by Gasteiger charge is -2.27. The molecule has 1 aliphatic carbocycles. The van der Waals surface area contributed by atoms with Crippen LogP contribution in [0.5, 0.6) is 5.75 Å². The van der Waals surface area contributed by atoms with Gasteiger partial charge in [0.05, 0.1) is 0 Å². The molecular formula is C22H33NO2. The summed E-state index contributed by atoms with van der Waals surface area (Å²) in [5, 5.41) is 0. The Morgan fingerprint density at radius 1 is 1.08 bits per heavy atom. The Morgan fingerprint density at radius 3 is 2.24 bits per heavy atom. The third-order valence-corrected chi connectivity index (χ3v) is 5.39. The highest BCUT2D eigenvalue weighted by atomic mass is 16.5. The molecule has 0 bridgehead atoms. The molecule has 1 aliphatic rings. The van der Waals surface area contributed by atoms with Gasteiger partial charge in [0.2, 0.25) is 5.91 Å². The molecule has 1 aromatic carbocycles. The topological polar surface area (TPSA) is 38.7 Å². The summed E-state index contributed by atoms with van der Waals surface area (Å²) in [7, 11) is 0. The highest BCUT2D eigenvalue weighted by Crippen LogP contribution is 2.28. The number of nitrogens with zero attached hydrogens (tertiary/aromatic N) is 1. The van der Waals surface area contributed by atoms with E-state index in [0.717, 1.165) is 48.1 Å². The molecule has 0 N–H and O–H groups in total. The van der Waals surface area contributed by atoms with Crippen molar-refractivity contribution in [1.29, 1.82) is 0 Å². The van der Waals surface area contributed by atoms with Crippen molar-refractivity contribution in [2.45, 2.75) is 73.3 Å². The predicted octanol–water partition coefficient (Wildman–Crippen LogP) is 5.50. The van der Waals surface area contributed by atoms with Crippen LogP contribution < -0.4 is 4.74 Å². The van der Waals surface area contributed by atoms with Crippen molar-refractivity contribution >= 4 is 12.1 Å². The van der Waals surface area contributed by atoms with Gasteiger partial charge >= 0.3 is 0 Å². The zero-order chi connectivity index (χ0) is 18.6. The lowest BCUT2D eigenvalue weighted by molar-refractivity contribution is -0.121. The van der Waals surface area contributed by atoms with Crippen LogP contribution >= 0.6 is 0 Å². The number of rotatable bonds is 6. The first-order chi connectivity index (χ1) is 11.8. The van der Waals surface area contributed by atoms with Crippen LogP contribution in [-0.4, -0.2) is 18.2 Å². The van der Waals surface area contributed by atoms with Crippen molar-refractivity contribution in [2.75, 3.05) is 0 Å². The Labute approximate surface area is 152 Å². The second-order valence-corrected chi connectivity index (χ2v) is 8.05. The average Bonchev–Trinajstić information content (AvgIpc) is 3.09. The Kier molecular flexibility index (Phi) is 6.80. The van der Waals surface area contributed by atoms with Crippen LogP contribution in [0, 0.1) is 31.6 Å². The zero-order valence-electron chi connectivity index (χ0n) is 16.6. The fourth-order valence-electron chi connectivity index (χ4n) is 3.68. The first-order valence-corrected chi connectivity index (χ1v) is 9.66. The molecule has 138 valence electrons. The summed E-state index contributed by atoms with van der Waals surface area (Å²) in [5.41, 5.74) is 3.26. The minimum atomic E-state index is 0.0366. The monoisotopic (exact) mass is 343 g/mol. The number of carbonyl (C=O) groups is 1. The number of hydrogen-bond donors (Lipinski definition) is 0. The summed E-state index contributed by atoms with van der Waals surface area (Å²) in [6.07, 6.45) is 6.22. The molecule has 1 amide bonds. The molecule has 0 heterocycles. The molecule has 25 heavy (non-hydrogen) atoms. The minimum Gasteiger partial charge on any atom is -0.490 e. The van der Waals surface area contributed by atoms with Gasteiger partial charge in [-0.25, -0.2) is 4.99 Å². The lowest BCUT2D eigenvalue weighted by atomic mass is 9.95. The maximum atomic E-state index is 12.2. The highest BCUT2D eigenvalue weighted by Gasteiger charge is 2.22. The molecule has 3 nitrogen and oxygen atoms in total. The van der Waals surface area contributed by atoms with Crippen LogP contribution in [0.25, 0.3) is 0 Å². The quantitative estimate of drug-likeness (QED) is 0.640. The summed E-state index contributed by atoms with van der Waals surface area (Å²) in [6.45, 7) is 12.9. The van der Waals surface area contributed by atoms with Crippen LogP contribution in [0.15, 0.2) is 17.1 Å². The smallest absolute Gasteiger partial charge is 0.248 e. The molecule has 3 heteroatoms. The third kappa shape index (κ3) is 4.93. The zero-order valence-corrected chi connectivity index (χ0v) is 16.6. The number of aliphatic imine (C=N–C) groups is 1. The molecule has 0 spiro atoms. The van der Waals surface area contributed by atoms with Crippen molar-refractivity contribution in [3.05, 3.63) is 28.8 Å². The molecule has 0 aromatic heterocycles. The van der Waals surface area contributed by atoms with E-state index < -0.39 is 0 Å². The van der Waals surface area contributed by atoms with E-state index in [1.165, 1.54) is 0 Å². The van der Waals surface area contributed by atoms with Crippen molar-refractivity contribution in [3.63, 3.8) is 0 Å². The first kappa shape index (κ1) is 19.7. The summed E-state index contributed by atoms with van der Waals surface area (Å²) in [6, 6.07) is 4.03. The average molecular weight is 344 g/mol. The summed E-state index contributed by atoms with van der Waals surface area (Å²) in [4.78, 5) is 16.4. The van der Waals surface area contributed by atoms with Gasteiger partial charge in [0.15, 0.2) is 0 Å². The van der Waals surface area contributed by atoms with Gasteiger partial charge in [-0.1, -0.05) is 40.5 Å². The summed E-state index contributed by atoms with van der Waals surface area (Å²) in [5.74, 6) is 2.03. The molecule has 1 aromatic rings. The van der Waals surface area contributed by atoms with Crippen LogP contribution in [-0.2, 0) is 4.79 Å². The van der Waals surface area contributed by atoms with E-state index in [1.54, 1.807) is 6.21 Å². The van der Waals surface area contributed by atoms with E-state index in [9.17, 15) is 4.79 Å². The number of benzene rings is 1. The van der Waals surface area contributed by atoms with E-state index in [0.29, 0.717) is 11.8 Å². The van der Waals surface area contributed by atoms with E-state index >= 15 is 0 Å². The molecule has 0 saturated heterocycles. The van der Waals surface area contributed by atoms with Gasteiger partial charge in [-0.15, -0.1) is 0 Å². The van der Waals surface area contributed by atoms with Gasteiger partial charge in [0.1, 0.15) is 11.9 Å². The molecule has 2 rings (SSSR count). The van der Waals surface area contributed by atoms with Crippen LogP contribution in [0.2, 0.25) is 0 Å². The maximum Gasteiger partial charge on any atom is 0.248 e. The molecular weight excluding hydrogens is 310 g/mol. The van der Waals surface area contributed by atoms with Crippen molar-refractivity contribution in [3.8, 4) is 5.75 Å². The third-order valence-electron chi connectivity index (χ3n) is 5.39. The SMILES string of the molecule is Cc1c(C=NC(=O)C2CCCC2)ccc(OC(C(C)C)C(C)C)c1C. The predicted molar refractivity (Wildman–Crippen MR) is 105 cm³/mol. The second kappa shape index (κ2) is 8.64. The standard InChI is InChI=1S/C22H33NO2/c1-14(2)21(15(3)4)25-20-12-11-19(16(5)17(20)6)13-23-22(24)18-9-7-8-10-18/h11-15,18,21H,7-10H2,1-6H3. The van der Waals surface area contributed by atoms with Crippen molar-refractivity contribution in [1.82, 2.24) is 0 Å². The van der Waals surface area contributed by atoms with Gasteiger partial charge < -0.3 is 4.74 Å². The highest BCUT2D eigenvalue weighted by molar-refractivity contribution is 5.94. The molecule has 1 saturated carbocycles. The molecule has 0 radical (unpaired) electrons. The Hall–Kier alpha value is -1.64. The van der Waals surface area contributed by atoms with E-state index in [2.05, 4.69) is 46.5 Å². The van der Waals surface area contributed by atoms with Gasteiger partial charge in [0.25, 0.3) is 0 Å². The minimum absolute atomic E-state index is 0.0366. The fraction of sp³-hybridized carbons (Fsp3) is 0.636. The lowest BCUT2D eigenvalue weighted by Crippen LogP contribution is -2.29. The number of ether oxygens (including phenoxy) is 1. The normalized spacial score (nSPS) is 15.9. The van der Waals surface area contributed by atoms with Crippen LogP contribution in [0.4, 0.5) is 0 Å². The second-order valence-electron chi connectivity index (χ2n) is 8.05. The van der Waals surface area contributed by atoms with Crippen molar-refractivity contribution in [2.24, 2.45) is 22.7 Å². The number of carbonyl (C=O) groups excluding carboxylic acids is 1. The van der Waals surface area contributed by atoms with Crippen LogP contribution in [0.1, 0.15) is 70.1 Å². The molecule has 0 aliphatic heterocycles. The Bertz CT molecular complexity index is 617. The van der Waals surface area contributed by atoms with Gasteiger partial charge in [-0.2, -0.15) is 0 Å². The van der Waals surface area contributed by atoms with Crippen LogP contribution in [0.3, 0.4) is 0 Å². The molecule has 1 fully saturated rings.